The van der Waals surface area contributed by atoms with Crippen molar-refractivity contribution in [3.8, 4) is 0 Å². The number of rotatable bonds is 3. The zero-order valence-corrected chi connectivity index (χ0v) is 13.1. The molecule has 0 radical (unpaired) electrons. The average Bonchev–Trinajstić information content (AvgIpc) is 2.56. The van der Waals surface area contributed by atoms with Crippen molar-refractivity contribution in [2.75, 3.05) is 38.1 Å². The molecule has 0 bridgehead atoms. The van der Waals surface area contributed by atoms with Crippen LogP contribution in [0.15, 0.2) is 42.0 Å². The van der Waals surface area contributed by atoms with Gasteiger partial charge in [-0.05, 0) is 56.0 Å². The number of allylic oxidation sites excluding steroid dienone is 1. The van der Waals surface area contributed by atoms with Gasteiger partial charge in [-0.2, -0.15) is 0 Å². The van der Waals surface area contributed by atoms with Crippen LogP contribution in [0.4, 0.5) is 5.69 Å². The van der Waals surface area contributed by atoms with E-state index in [4.69, 9.17) is 0 Å². The van der Waals surface area contributed by atoms with Crippen LogP contribution >= 0.6 is 0 Å². The Morgan fingerprint density at radius 1 is 0.905 bits per heavy atom. The van der Waals surface area contributed by atoms with Crippen LogP contribution < -0.4 is 4.90 Å². The van der Waals surface area contributed by atoms with E-state index in [1.165, 1.54) is 62.1 Å². The Bertz CT molecular complexity index is 507. The summed E-state index contributed by atoms with van der Waals surface area (Å²) in [6.45, 7) is 4.68. The summed E-state index contributed by atoms with van der Waals surface area (Å²) in [4.78, 5) is 4.86. The molecule has 2 nitrogen and oxygen atoms in total. The Kier molecular flexibility index (Phi) is 4.76. The van der Waals surface area contributed by atoms with Gasteiger partial charge in [0.25, 0.3) is 0 Å². The Morgan fingerprint density at radius 3 is 2.33 bits per heavy atom. The standard InChI is InChI=1S/C19H26N2/c1-20-15-11-18(12-16-20)6-5-17-7-9-19(10-8-17)21-13-3-2-4-14-21/h5-11H,2-4,12-16H2,1H3. The SMILES string of the molecule is CN1CC=C(C=Cc2ccc(N3CCCCC3)cc2)CC1. The molecular weight excluding hydrogens is 256 g/mol. The molecule has 0 spiro atoms. The summed E-state index contributed by atoms with van der Waals surface area (Å²) in [5.74, 6) is 0. The molecule has 0 saturated carbocycles. The first-order valence-corrected chi connectivity index (χ1v) is 8.22. The Hall–Kier alpha value is -1.54. The lowest BCUT2D eigenvalue weighted by molar-refractivity contribution is 0.361. The van der Waals surface area contributed by atoms with Crippen LogP contribution in [-0.2, 0) is 0 Å². The van der Waals surface area contributed by atoms with Gasteiger partial charge in [-0.15, -0.1) is 0 Å². The molecule has 2 aliphatic heterocycles. The highest BCUT2D eigenvalue weighted by Crippen LogP contribution is 2.21. The molecule has 0 aliphatic carbocycles. The lowest BCUT2D eigenvalue weighted by Gasteiger charge is -2.28. The Morgan fingerprint density at radius 2 is 1.67 bits per heavy atom. The maximum Gasteiger partial charge on any atom is 0.0366 e. The zero-order valence-electron chi connectivity index (χ0n) is 13.1. The van der Waals surface area contributed by atoms with E-state index in [1.807, 2.05) is 0 Å². The van der Waals surface area contributed by atoms with Gasteiger partial charge in [-0.1, -0.05) is 30.4 Å². The third-order valence-electron chi connectivity index (χ3n) is 4.55. The lowest BCUT2D eigenvalue weighted by atomic mass is 10.1. The molecular formula is C19H26N2. The Labute approximate surface area is 128 Å². The topological polar surface area (TPSA) is 6.48 Å². The van der Waals surface area contributed by atoms with Crippen LogP contribution in [0.5, 0.6) is 0 Å². The van der Waals surface area contributed by atoms with Gasteiger partial charge in [-0.25, -0.2) is 0 Å². The predicted octanol–water partition coefficient (Wildman–Crippen LogP) is 3.95. The summed E-state index contributed by atoms with van der Waals surface area (Å²) in [6, 6.07) is 9.04. The molecule has 2 heterocycles. The predicted molar refractivity (Wildman–Crippen MR) is 91.7 cm³/mol. The van der Waals surface area contributed by atoms with E-state index in [1.54, 1.807) is 0 Å². The monoisotopic (exact) mass is 282 g/mol. The fourth-order valence-electron chi connectivity index (χ4n) is 3.09. The molecule has 0 amide bonds. The second kappa shape index (κ2) is 6.95. The first kappa shape index (κ1) is 14.4. The third kappa shape index (κ3) is 3.98. The number of likely N-dealkylation sites (N-methyl/N-ethyl adjacent to an activating group) is 1. The van der Waals surface area contributed by atoms with Gasteiger partial charge in [0.2, 0.25) is 0 Å². The highest BCUT2D eigenvalue weighted by Gasteiger charge is 2.10. The van der Waals surface area contributed by atoms with Crippen LogP contribution in [-0.4, -0.2) is 38.1 Å². The zero-order chi connectivity index (χ0) is 14.5. The second-order valence-corrected chi connectivity index (χ2v) is 6.26. The van der Waals surface area contributed by atoms with E-state index in [-0.39, 0.29) is 0 Å². The summed E-state index contributed by atoms with van der Waals surface area (Å²) in [5.41, 5.74) is 4.15. The number of nitrogens with zero attached hydrogens (tertiary/aromatic N) is 2. The molecule has 3 rings (SSSR count). The normalized spacial score (nSPS) is 20.8. The van der Waals surface area contributed by atoms with Crippen molar-refractivity contribution in [1.29, 1.82) is 0 Å². The summed E-state index contributed by atoms with van der Waals surface area (Å²) in [5, 5.41) is 0. The van der Waals surface area contributed by atoms with Crippen molar-refractivity contribution in [1.82, 2.24) is 4.90 Å². The van der Waals surface area contributed by atoms with Crippen molar-refractivity contribution in [3.63, 3.8) is 0 Å². The van der Waals surface area contributed by atoms with E-state index in [0.717, 1.165) is 6.54 Å². The van der Waals surface area contributed by atoms with E-state index < -0.39 is 0 Å². The van der Waals surface area contributed by atoms with E-state index in [0.29, 0.717) is 0 Å². The highest BCUT2D eigenvalue weighted by atomic mass is 15.1. The fraction of sp³-hybridized carbons (Fsp3) is 0.474. The highest BCUT2D eigenvalue weighted by molar-refractivity contribution is 5.58. The molecule has 0 N–H and O–H groups in total. The van der Waals surface area contributed by atoms with Gasteiger partial charge in [0, 0.05) is 31.9 Å². The molecule has 0 aromatic heterocycles. The fourth-order valence-corrected chi connectivity index (χ4v) is 3.09. The third-order valence-corrected chi connectivity index (χ3v) is 4.55. The van der Waals surface area contributed by atoms with Gasteiger partial charge in [0.15, 0.2) is 0 Å². The van der Waals surface area contributed by atoms with Crippen molar-refractivity contribution >= 4 is 11.8 Å². The number of piperidine rings is 1. The molecule has 0 unspecified atom stereocenters. The number of benzene rings is 1. The molecule has 2 aliphatic rings. The molecule has 0 atom stereocenters. The minimum absolute atomic E-state index is 1.08. The molecule has 21 heavy (non-hydrogen) atoms. The maximum absolute atomic E-state index is 2.51. The van der Waals surface area contributed by atoms with Crippen LogP contribution in [0.25, 0.3) is 6.08 Å². The van der Waals surface area contributed by atoms with Crippen LogP contribution in [0.3, 0.4) is 0 Å². The van der Waals surface area contributed by atoms with Gasteiger partial charge in [0.05, 0.1) is 0 Å². The Balaban J connectivity index is 1.61. The quantitative estimate of drug-likeness (QED) is 0.828. The molecule has 1 aromatic rings. The van der Waals surface area contributed by atoms with Crippen molar-refractivity contribution in [3.05, 3.63) is 47.6 Å². The van der Waals surface area contributed by atoms with Gasteiger partial charge >= 0.3 is 0 Å². The summed E-state index contributed by atoms with van der Waals surface area (Å²) < 4.78 is 0. The number of anilines is 1. The van der Waals surface area contributed by atoms with Crippen molar-refractivity contribution in [2.24, 2.45) is 0 Å². The molecule has 1 fully saturated rings. The number of hydrogen-bond donors (Lipinski definition) is 0. The maximum atomic E-state index is 2.51. The largest absolute Gasteiger partial charge is 0.372 e. The summed E-state index contributed by atoms with van der Waals surface area (Å²) in [6.07, 6.45) is 12.1. The molecule has 2 heteroatoms. The summed E-state index contributed by atoms with van der Waals surface area (Å²) in [7, 11) is 2.18. The number of hydrogen-bond acceptors (Lipinski definition) is 2. The van der Waals surface area contributed by atoms with Crippen LogP contribution in [0.2, 0.25) is 0 Å². The molecule has 1 saturated heterocycles. The van der Waals surface area contributed by atoms with E-state index in [9.17, 15) is 0 Å². The van der Waals surface area contributed by atoms with Crippen molar-refractivity contribution in [2.45, 2.75) is 25.7 Å². The van der Waals surface area contributed by atoms with Gasteiger partial charge in [0.1, 0.15) is 0 Å². The lowest BCUT2D eigenvalue weighted by Crippen LogP contribution is -2.29. The van der Waals surface area contributed by atoms with Crippen LogP contribution in [0.1, 0.15) is 31.2 Å². The first-order chi connectivity index (χ1) is 10.3. The van der Waals surface area contributed by atoms with E-state index in [2.05, 4.69) is 59.3 Å². The minimum atomic E-state index is 1.08. The minimum Gasteiger partial charge on any atom is -0.372 e. The molecule has 1 aromatic carbocycles. The van der Waals surface area contributed by atoms with E-state index >= 15 is 0 Å². The summed E-state index contributed by atoms with van der Waals surface area (Å²) >= 11 is 0. The second-order valence-electron chi connectivity index (χ2n) is 6.26. The van der Waals surface area contributed by atoms with Crippen LogP contribution in [0, 0.1) is 0 Å². The average molecular weight is 282 g/mol. The van der Waals surface area contributed by atoms with Crippen molar-refractivity contribution < 1.29 is 0 Å². The smallest absolute Gasteiger partial charge is 0.0366 e. The van der Waals surface area contributed by atoms with Gasteiger partial charge in [-0.3, -0.25) is 0 Å². The van der Waals surface area contributed by atoms with Gasteiger partial charge < -0.3 is 9.80 Å². The first-order valence-electron chi connectivity index (χ1n) is 8.22. The molecule has 112 valence electrons.